The minimum atomic E-state index is -3.75. The summed E-state index contributed by atoms with van der Waals surface area (Å²) in [4.78, 5) is 0.986. The fraction of sp³-hybridized carbons (Fsp3) is 0. The van der Waals surface area contributed by atoms with Gasteiger partial charge in [0.15, 0.2) is 4.67 Å². The lowest BCUT2D eigenvalue weighted by atomic mass is 10.2. The van der Waals surface area contributed by atoms with E-state index in [1.165, 1.54) is 32.8 Å². The van der Waals surface area contributed by atoms with Crippen molar-refractivity contribution in [1.29, 1.82) is 0 Å². The largest absolute Gasteiger partial charge is 0.283 e. The number of hydrogen-bond donors (Lipinski definition) is 0. The fourth-order valence-electron chi connectivity index (χ4n) is 1.83. The first-order valence-corrected chi connectivity index (χ1v) is 10.2. The number of halogens is 1. The van der Waals surface area contributed by atoms with Crippen molar-refractivity contribution >= 4 is 42.3 Å². The van der Waals surface area contributed by atoms with E-state index in [1.54, 1.807) is 18.2 Å². The third kappa shape index (κ3) is 3.15. The van der Waals surface area contributed by atoms with Gasteiger partial charge in [-0.25, -0.2) is 0 Å². The van der Waals surface area contributed by atoms with Crippen LogP contribution in [0.25, 0.3) is 10.4 Å². The van der Waals surface area contributed by atoms with Crippen molar-refractivity contribution < 1.29 is 8.42 Å². The third-order valence-electron chi connectivity index (χ3n) is 2.87. The highest BCUT2D eigenvalue weighted by molar-refractivity contribution is 7.90. The van der Waals surface area contributed by atoms with Crippen LogP contribution in [0.3, 0.4) is 0 Å². The van der Waals surface area contributed by atoms with Gasteiger partial charge in [-0.05, 0) is 17.7 Å². The Kier molecular flexibility index (Phi) is 4.44. The molecule has 3 aromatic rings. The second-order valence-electron chi connectivity index (χ2n) is 4.36. The molecule has 0 bridgehead atoms. The highest BCUT2D eigenvalue weighted by Gasteiger charge is 2.15. The monoisotopic (exact) mass is 367 g/mol. The van der Waals surface area contributed by atoms with Crippen LogP contribution in [0.5, 0.6) is 0 Å². The summed E-state index contributed by atoms with van der Waals surface area (Å²) in [6.07, 6.45) is 0. The Labute approximate surface area is 140 Å². The summed E-state index contributed by atoms with van der Waals surface area (Å²) in [5.74, 6) is 0. The molecule has 0 fully saturated rings. The van der Waals surface area contributed by atoms with Crippen LogP contribution < -0.4 is 4.67 Å². The van der Waals surface area contributed by atoms with Gasteiger partial charge in [0, 0.05) is 0 Å². The maximum Gasteiger partial charge on any atom is 0.283 e. The normalized spacial score (nSPS) is 12.5. The quantitative estimate of drug-likeness (QED) is 0.643. The van der Waals surface area contributed by atoms with Crippen LogP contribution in [0.4, 0.5) is 0 Å². The van der Waals surface area contributed by atoms with E-state index < -0.39 is 10.0 Å². The minimum Gasteiger partial charge on any atom is -0.199 e. The zero-order valence-corrected chi connectivity index (χ0v) is 14.3. The molecular formula is C15H10ClNO2S3. The topological polar surface area (TPSA) is 46.5 Å². The number of sulfonamides is 1. The average Bonchev–Trinajstić information content (AvgIpc) is 2.89. The Morgan fingerprint density at radius 3 is 2.09 bits per heavy atom. The zero-order valence-electron chi connectivity index (χ0n) is 11.1. The summed E-state index contributed by atoms with van der Waals surface area (Å²) in [5.41, 5.74) is 0.951. The predicted octanol–water partition coefficient (Wildman–Crippen LogP) is 4.42. The van der Waals surface area contributed by atoms with Crippen molar-refractivity contribution in [3.8, 4) is 10.4 Å². The molecular weight excluding hydrogens is 358 g/mol. The number of hydrogen-bond acceptors (Lipinski definition) is 4. The van der Waals surface area contributed by atoms with Gasteiger partial charge in [-0.3, -0.25) is 0 Å². The molecule has 0 unspecified atom stereocenters. The Hall–Kier alpha value is -1.47. The number of benzene rings is 2. The van der Waals surface area contributed by atoms with Crippen LogP contribution in [0.15, 0.2) is 70.0 Å². The van der Waals surface area contributed by atoms with E-state index in [2.05, 4.69) is 4.40 Å². The molecule has 0 atom stereocenters. The molecule has 7 heteroatoms. The molecule has 1 heterocycles. The highest BCUT2D eigenvalue weighted by atomic mass is 35.5. The number of rotatable bonds is 3. The molecule has 0 aliphatic rings. The lowest BCUT2D eigenvalue weighted by Crippen LogP contribution is -2.04. The Balaban J connectivity index is 2.09. The highest BCUT2D eigenvalue weighted by Crippen LogP contribution is 2.32. The van der Waals surface area contributed by atoms with E-state index >= 15 is 0 Å². The van der Waals surface area contributed by atoms with Crippen LogP contribution in [0.1, 0.15) is 0 Å². The molecule has 3 nitrogen and oxygen atoms in total. The maximum absolute atomic E-state index is 12.3. The molecule has 3 rings (SSSR count). The molecule has 112 valence electrons. The minimum absolute atomic E-state index is 0.158. The van der Waals surface area contributed by atoms with E-state index in [1.807, 2.05) is 30.3 Å². The first-order chi connectivity index (χ1) is 10.6. The van der Waals surface area contributed by atoms with Crippen molar-refractivity contribution in [2.75, 3.05) is 0 Å². The third-order valence-corrected chi connectivity index (χ3v) is 7.24. The van der Waals surface area contributed by atoms with Gasteiger partial charge in [0.05, 0.1) is 14.8 Å². The second kappa shape index (κ2) is 6.34. The van der Waals surface area contributed by atoms with Crippen molar-refractivity contribution in [2.45, 2.75) is 4.90 Å². The summed E-state index contributed by atoms with van der Waals surface area (Å²) in [6.45, 7) is 0. The predicted molar refractivity (Wildman–Crippen MR) is 91.8 cm³/mol. The van der Waals surface area contributed by atoms with E-state index in [0.717, 1.165) is 10.4 Å². The lowest BCUT2D eigenvalue weighted by Gasteiger charge is -1.97. The Morgan fingerprint density at radius 1 is 0.864 bits per heavy atom. The molecule has 2 aromatic carbocycles. The summed E-state index contributed by atoms with van der Waals surface area (Å²) >= 11 is 6.32. The molecule has 1 aromatic heterocycles. The van der Waals surface area contributed by atoms with Crippen LogP contribution in [-0.2, 0) is 10.0 Å². The van der Waals surface area contributed by atoms with Gasteiger partial charge in [-0.1, -0.05) is 80.8 Å². The molecule has 0 saturated heterocycles. The zero-order chi connectivity index (χ0) is 15.6. The molecule has 0 aliphatic heterocycles. The van der Waals surface area contributed by atoms with Crippen molar-refractivity contribution in [1.82, 2.24) is 0 Å². The van der Waals surface area contributed by atoms with E-state index in [4.69, 9.17) is 11.6 Å². The first-order valence-electron chi connectivity index (χ1n) is 6.28. The Bertz CT molecular complexity index is 945. The smallest absolute Gasteiger partial charge is 0.199 e. The molecule has 0 radical (unpaired) electrons. The first kappa shape index (κ1) is 15.4. The standard InChI is InChI=1S/C15H10ClNO2S3/c16-13-14(11-7-3-1-4-8-11)20-21-15(13)17-22(18,19)12-9-5-2-6-10-12/h1-10H/b17-15+. The van der Waals surface area contributed by atoms with Gasteiger partial charge in [0.25, 0.3) is 10.0 Å². The summed E-state index contributed by atoms with van der Waals surface area (Å²) < 4.78 is 28.8. The van der Waals surface area contributed by atoms with Crippen molar-refractivity contribution in [2.24, 2.45) is 4.40 Å². The average molecular weight is 368 g/mol. The fourth-order valence-corrected chi connectivity index (χ4v) is 6.22. The molecule has 22 heavy (non-hydrogen) atoms. The Morgan fingerprint density at radius 2 is 1.45 bits per heavy atom. The van der Waals surface area contributed by atoms with Gasteiger partial charge in [0.1, 0.15) is 0 Å². The van der Waals surface area contributed by atoms with Crippen molar-refractivity contribution in [3.05, 3.63) is 70.4 Å². The van der Waals surface area contributed by atoms with Crippen LogP contribution in [-0.4, -0.2) is 8.42 Å². The molecule has 0 aliphatic carbocycles. The summed E-state index contributed by atoms with van der Waals surface area (Å²) in [5, 5.41) is 0.376. The van der Waals surface area contributed by atoms with Gasteiger partial charge >= 0.3 is 0 Å². The molecule has 0 amide bonds. The van der Waals surface area contributed by atoms with Crippen LogP contribution in [0.2, 0.25) is 5.02 Å². The number of nitrogens with zero attached hydrogens (tertiary/aromatic N) is 1. The van der Waals surface area contributed by atoms with Gasteiger partial charge < -0.3 is 0 Å². The van der Waals surface area contributed by atoms with Crippen LogP contribution in [0, 0.1) is 0 Å². The SMILES string of the molecule is O=S(=O)(/N=c1/ssc(-c2ccccc2)c1Cl)c1ccccc1. The van der Waals surface area contributed by atoms with Gasteiger partial charge in [0.2, 0.25) is 0 Å². The summed E-state index contributed by atoms with van der Waals surface area (Å²) in [6, 6.07) is 17.7. The van der Waals surface area contributed by atoms with E-state index in [-0.39, 0.29) is 4.90 Å². The van der Waals surface area contributed by atoms with Gasteiger partial charge in [-0.2, -0.15) is 8.42 Å². The lowest BCUT2D eigenvalue weighted by molar-refractivity contribution is 0.597. The molecule has 0 N–H and O–H groups in total. The summed E-state index contributed by atoms with van der Waals surface area (Å²) in [7, 11) is -1.07. The van der Waals surface area contributed by atoms with E-state index in [0.29, 0.717) is 9.69 Å². The maximum atomic E-state index is 12.3. The van der Waals surface area contributed by atoms with Gasteiger partial charge in [-0.15, -0.1) is 4.40 Å². The van der Waals surface area contributed by atoms with Crippen molar-refractivity contribution in [3.63, 3.8) is 0 Å². The van der Waals surface area contributed by atoms with Crippen LogP contribution >= 0.6 is 32.3 Å². The molecule has 0 spiro atoms. The molecule has 0 saturated carbocycles. The second-order valence-corrected chi connectivity index (χ2v) is 8.47. The van der Waals surface area contributed by atoms with E-state index in [9.17, 15) is 8.42 Å².